The van der Waals surface area contributed by atoms with Crippen LogP contribution >= 0.6 is 0 Å². The summed E-state index contributed by atoms with van der Waals surface area (Å²) in [5, 5.41) is 4.01. The van der Waals surface area contributed by atoms with Crippen LogP contribution in [0.1, 0.15) is 29.6 Å². The van der Waals surface area contributed by atoms with Gasteiger partial charge in [-0.25, -0.2) is 4.98 Å². The van der Waals surface area contributed by atoms with Crippen LogP contribution in [-0.4, -0.2) is 23.0 Å². The molecule has 0 saturated heterocycles. The van der Waals surface area contributed by atoms with Crippen LogP contribution in [0.3, 0.4) is 0 Å². The minimum absolute atomic E-state index is 0.139. The Labute approximate surface area is 117 Å². The summed E-state index contributed by atoms with van der Waals surface area (Å²) < 4.78 is 0. The van der Waals surface area contributed by atoms with Crippen molar-refractivity contribution in [2.45, 2.75) is 24.8 Å². The lowest BCUT2D eigenvalue weighted by Crippen LogP contribution is -2.52. The lowest BCUT2D eigenvalue weighted by atomic mass is 9.78. The fourth-order valence-electron chi connectivity index (χ4n) is 2.54. The summed E-state index contributed by atoms with van der Waals surface area (Å²) in [7, 11) is 0. The molecule has 0 unspecified atom stereocenters. The normalized spacial score (nSPS) is 16.6. The molecular formula is C15H18N4O. The number of nitrogens with two attached hydrogens (primary N) is 2. The Morgan fingerprint density at radius 3 is 2.75 bits per heavy atom. The van der Waals surface area contributed by atoms with Crippen LogP contribution in [0.5, 0.6) is 0 Å². The maximum absolute atomic E-state index is 11.6. The maximum Gasteiger partial charge on any atom is 0.249 e. The van der Waals surface area contributed by atoms with Gasteiger partial charge in [0.05, 0.1) is 11.1 Å². The van der Waals surface area contributed by atoms with Crippen molar-refractivity contribution in [2.75, 3.05) is 11.9 Å². The Bertz CT molecular complexity index is 664. The van der Waals surface area contributed by atoms with Crippen LogP contribution in [0, 0.1) is 0 Å². The van der Waals surface area contributed by atoms with Crippen molar-refractivity contribution >= 4 is 22.6 Å². The van der Waals surface area contributed by atoms with Gasteiger partial charge < -0.3 is 16.8 Å². The number of pyridine rings is 1. The summed E-state index contributed by atoms with van der Waals surface area (Å²) in [5.74, 6) is 0.201. The highest BCUT2D eigenvalue weighted by Crippen LogP contribution is 2.29. The van der Waals surface area contributed by atoms with E-state index in [4.69, 9.17) is 11.5 Å². The molecule has 5 N–H and O–H groups in total. The van der Waals surface area contributed by atoms with Crippen molar-refractivity contribution in [3.05, 3.63) is 35.9 Å². The van der Waals surface area contributed by atoms with Crippen LogP contribution in [-0.2, 0) is 0 Å². The number of nitrogens with zero attached hydrogens (tertiary/aromatic N) is 1. The number of fused-ring (bicyclic) bond motifs is 1. The van der Waals surface area contributed by atoms with Crippen LogP contribution in [0.25, 0.3) is 10.9 Å². The highest BCUT2D eigenvalue weighted by atomic mass is 16.1. The number of para-hydroxylation sites is 1. The molecule has 104 valence electrons. The molecule has 5 heteroatoms. The molecule has 0 aliphatic heterocycles. The van der Waals surface area contributed by atoms with Crippen molar-refractivity contribution < 1.29 is 4.79 Å². The van der Waals surface area contributed by atoms with Gasteiger partial charge in [0.25, 0.3) is 0 Å². The second-order valence-corrected chi connectivity index (χ2v) is 5.51. The van der Waals surface area contributed by atoms with E-state index in [1.165, 1.54) is 6.42 Å². The molecule has 0 spiro atoms. The van der Waals surface area contributed by atoms with Crippen LogP contribution in [0.2, 0.25) is 0 Å². The van der Waals surface area contributed by atoms with E-state index >= 15 is 0 Å². The molecule has 1 saturated carbocycles. The lowest BCUT2D eigenvalue weighted by molar-refractivity contribution is 0.100. The standard InChI is InChI=1S/C15H18N4O/c16-14(20)11-8-13(18-9-15(17)6-3-7-15)19-12-5-2-1-4-10(11)12/h1-2,4-5,8H,3,6-7,9,17H2,(H2,16,20)(H,18,19). The molecule has 1 fully saturated rings. The zero-order chi connectivity index (χ0) is 14.2. The number of primary amides is 1. The van der Waals surface area contributed by atoms with E-state index in [1.807, 2.05) is 24.3 Å². The van der Waals surface area contributed by atoms with E-state index in [1.54, 1.807) is 6.07 Å². The number of carbonyl (C=O) groups excluding carboxylic acids is 1. The summed E-state index contributed by atoms with van der Waals surface area (Å²) in [6.07, 6.45) is 3.22. The number of hydrogen-bond acceptors (Lipinski definition) is 4. The molecule has 1 amide bonds. The van der Waals surface area contributed by atoms with Gasteiger partial charge in [-0.3, -0.25) is 4.79 Å². The minimum Gasteiger partial charge on any atom is -0.368 e. The van der Waals surface area contributed by atoms with Crippen molar-refractivity contribution in [2.24, 2.45) is 11.5 Å². The molecule has 3 rings (SSSR count). The Morgan fingerprint density at radius 2 is 2.10 bits per heavy atom. The van der Waals surface area contributed by atoms with Crippen LogP contribution in [0.15, 0.2) is 30.3 Å². The predicted molar refractivity (Wildman–Crippen MR) is 79.5 cm³/mol. The summed E-state index contributed by atoms with van der Waals surface area (Å²) in [6, 6.07) is 9.18. The Morgan fingerprint density at radius 1 is 1.35 bits per heavy atom. The van der Waals surface area contributed by atoms with Crippen molar-refractivity contribution in [3.8, 4) is 0 Å². The SMILES string of the molecule is NC(=O)c1cc(NCC2(N)CCC2)nc2ccccc12. The first-order valence-electron chi connectivity index (χ1n) is 6.80. The summed E-state index contributed by atoms with van der Waals surface area (Å²) in [6.45, 7) is 0.663. The molecule has 0 atom stereocenters. The van der Waals surface area contributed by atoms with E-state index in [9.17, 15) is 4.79 Å². The van der Waals surface area contributed by atoms with Gasteiger partial charge in [0.1, 0.15) is 5.82 Å². The third-order valence-electron chi connectivity index (χ3n) is 3.95. The van der Waals surface area contributed by atoms with Gasteiger partial charge in [0.2, 0.25) is 5.91 Å². The Balaban J connectivity index is 1.93. The van der Waals surface area contributed by atoms with Gasteiger partial charge in [-0.15, -0.1) is 0 Å². The topological polar surface area (TPSA) is 94.0 Å². The fraction of sp³-hybridized carbons (Fsp3) is 0.333. The van der Waals surface area contributed by atoms with E-state index in [0.29, 0.717) is 17.9 Å². The fourth-order valence-corrected chi connectivity index (χ4v) is 2.54. The van der Waals surface area contributed by atoms with E-state index in [0.717, 1.165) is 23.7 Å². The van der Waals surface area contributed by atoms with Gasteiger partial charge in [-0.1, -0.05) is 18.2 Å². The minimum atomic E-state index is -0.447. The monoisotopic (exact) mass is 270 g/mol. The molecule has 1 aromatic heterocycles. The number of aromatic nitrogens is 1. The maximum atomic E-state index is 11.6. The van der Waals surface area contributed by atoms with E-state index < -0.39 is 5.91 Å². The Kier molecular flexibility index (Phi) is 3.06. The number of hydrogen-bond donors (Lipinski definition) is 3. The second kappa shape index (κ2) is 4.76. The highest BCUT2D eigenvalue weighted by molar-refractivity contribution is 6.06. The average molecular weight is 270 g/mol. The first kappa shape index (κ1) is 12.9. The first-order valence-corrected chi connectivity index (χ1v) is 6.80. The number of amides is 1. The average Bonchev–Trinajstić information content (AvgIpc) is 2.42. The number of rotatable bonds is 4. The van der Waals surface area contributed by atoms with E-state index in [2.05, 4.69) is 10.3 Å². The molecule has 1 heterocycles. The van der Waals surface area contributed by atoms with Gasteiger partial charge in [-0.05, 0) is 31.4 Å². The number of anilines is 1. The van der Waals surface area contributed by atoms with Gasteiger partial charge >= 0.3 is 0 Å². The first-order chi connectivity index (χ1) is 9.57. The van der Waals surface area contributed by atoms with Crippen LogP contribution < -0.4 is 16.8 Å². The largest absolute Gasteiger partial charge is 0.368 e. The lowest BCUT2D eigenvalue weighted by Gasteiger charge is -2.38. The molecule has 0 radical (unpaired) electrons. The predicted octanol–water partition coefficient (Wildman–Crippen LogP) is 1.63. The van der Waals surface area contributed by atoms with Crippen molar-refractivity contribution in [3.63, 3.8) is 0 Å². The quantitative estimate of drug-likeness (QED) is 0.787. The van der Waals surface area contributed by atoms with E-state index in [-0.39, 0.29) is 5.54 Å². The summed E-state index contributed by atoms with van der Waals surface area (Å²) >= 11 is 0. The van der Waals surface area contributed by atoms with Crippen LogP contribution in [0.4, 0.5) is 5.82 Å². The summed E-state index contributed by atoms with van der Waals surface area (Å²) in [4.78, 5) is 16.1. The van der Waals surface area contributed by atoms with Gasteiger partial charge in [0.15, 0.2) is 0 Å². The molecular weight excluding hydrogens is 252 g/mol. The van der Waals surface area contributed by atoms with Crippen molar-refractivity contribution in [1.29, 1.82) is 0 Å². The number of nitrogens with one attached hydrogen (secondary N) is 1. The molecule has 1 aromatic carbocycles. The van der Waals surface area contributed by atoms with Crippen molar-refractivity contribution in [1.82, 2.24) is 4.98 Å². The Hall–Kier alpha value is -2.14. The number of benzene rings is 1. The van der Waals surface area contributed by atoms with Gasteiger partial charge in [-0.2, -0.15) is 0 Å². The number of carbonyl (C=O) groups is 1. The molecule has 0 bridgehead atoms. The smallest absolute Gasteiger partial charge is 0.249 e. The summed E-state index contributed by atoms with van der Waals surface area (Å²) in [5.41, 5.74) is 12.7. The molecule has 1 aliphatic rings. The molecule has 5 nitrogen and oxygen atoms in total. The molecule has 2 aromatic rings. The third kappa shape index (κ3) is 2.32. The highest BCUT2D eigenvalue weighted by Gasteiger charge is 2.32. The third-order valence-corrected chi connectivity index (χ3v) is 3.95. The molecule has 1 aliphatic carbocycles. The van der Waals surface area contributed by atoms with Gasteiger partial charge in [0, 0.05) is 17.5 Å². The molecule has 20 heavy (non-hydrogen) atoms. The zero-order valence-corrected chi connectivity index (χ0v) is 11.2. The second-order valence-electron chi connectivity index (χ2n) is 5.51. The zero-order valence-electron chi connectivity index (χ0n) is 11.2.